The number of rotatable bonds is 4. The van der Waals surface area contributed by atoms with Crippen LogP contribution < -0.4 is 15.4 Å². The van der Waals surface area contributed by atoms with Crippen LogP contribution in [-0.2, 0) is 11.3 Å². The van der Waals surface area contributed by atoms with Crippen LogP contribution in [0.5, 0.6) is 5.75 Å². The van der Waals surface area contributed by atoms with Crippen LogP contribution in [0.15, 0.2) is 59.8 Å². The highest BCUT2D eigenvalue weighted by Crippen LogP contribution is 2.33. The first kappa shape index (κ1) is 17.1. The number of ether oxygens (including phenoxy) is 1. The van der Waals surface area contributed by atoms with Crippen LogP contribution in [0, 0.1) is 5.82 Å². The number of nitrogens with one attached hydrogen (secondary N) is 2. The van der Waals surface area contributed by atoms with E-state index in [2.05, 4.69) is 10.6 Å². The maximum absolute atomic E-state index is 13.2. The average molecular weight is 367 g/mol. The van der Waals surface area contributed by atoms with Gasteiger partial charge in [-0.25, -0.2) is 9.18 Å². The van der Waals surface area contributed by atoms with Crippen LogP contribution in [0.1, 0.15) is 17.2 Å². The van der Waals surface area contributed by atoms with Gasteiger partial charge in [0, 0.05) is 6.54 Å². The van der Waals surface area contributed by atoms with Gasteiger partial charge in [0.25, 0.3) is 5.91 Å². The van der Waals surface area contributed by atoms with E-state index in [1.54, 1.807) is 24.1 Å². The lowest BCUT2D eigenvalue weighted by Crippen LogP contribution is -2.44. The van der Waals surface area contributed by atoms with E-state index in [9.17, 15) is 14.0 Å². The lowest BCUT2D eigenvalue weighted by atomic mass is 9.96. The molecule has 1 atom stereocenters. The molecule has 3 amide bonds. The maximum Gasteiger partial charge on any atom is 0.319 e. The molecular formula is C20H18FN3O3. The highest BCUT2D eigenvalue weighted by Gasteiger charge is 2.40. The molecule has 27 heavy (non-hydrogen) atoms. The van der Waals surface area contributed by atoms with Gasteiger partial charge in [-0.3, -0.25) is 4.79 Å². The first-order valence-corrected chi connectivity index (χ1v) is 8.53. The molecule has 0 aliphatic carbocycles. The summed E-state index contributed by atoms with van der Waals surface area (Å²) in [5, 5.41) is 5.49. The number of amides is 3. The summed E-state index contributed by atoms with van der Waals surface area (Å²) in [5.41, 5.74) is 2.71. The minimum atomic E-state index is -0.595. The van der Waals surface area contributed by atoms with Crippen molar-refractivity contribution in [3.05, 3.63) is 76.7 Å². The molecule has 7 heteroatoms. The van der Waals surface area contributed by atoms with Crippen LogP contribution in [0.2, 0.25) is 0 Å². The van der Waals surface area contributed by atoms with Crippen molar-refractivity contribution in [2.75, 3.05) is 13.7 Å². The molecule has 0 aromatic heterocycles. The van der Waals surface area contributed by atoms with Crippen molar-refractivity contribution in [3.8, 4) is 5.75 Å². The van der Waals surface area contributed by atoms with Gasteiger partial charge in [-0.05, 0) is 35.4 Å². The number of carbonyl (C=O) groups excluding carboxylic acids is 2. The van der Waals surface area contributed by atoms with Gasteiger partial charge in [0.2, 0.25) is 0 Å². The third-order valence-corrected chi connectivity index (χ3v) is 4.76. The van der Waals surface area contributed by atoms with Crippen molar-refractivity contribution in [1.82, 2.24) is 15.5 Å². The topological polar surface area (TPSA) is 70.7 Å². The van der Waals surface area contributed by atoms with Gasteiger partial charge >= 0.3 is 6.03 Å². The van der Waals surface area contributed by atoms with Gasteiger partial charge in [0.15, 0.2) is 0 Å². The first-order valence-electron chi connectivity index (χ1n) is 8.53. The molecule has 6 nitrogen and oxygen atoms in total. The molecule has 0 spiro atoms. The minimum Gasteiger partial charge on any atom is -0.497 e. The lowest BCUT2D eigenvalue weighted by molar-refractivity contribution is -0.126. The number of urea groups is 1. The zero-order chi connectivity index (χ0) is 19.0. The molecule has 2 N–H and O–H groups in total. The second kappa shape index (κ2) is 6.75. The molecule has 0 bridgehead atoms. The summed E-state index contributed by atoms with van der Waals surface area (Å²) >= 11 is 0. The Balaban J connectivity index is 1.58. The summed E-state index contributed by atoms with van der Waals surface area (Å²) in [4.78, 5) is 26.7. The Morgan fingerprint density at radius 2 is 1.81 bits per heavy atom. The fourth-order valence-electron chi connectivity index (χ4n) is 3.41. The van der Waals surface area contributed by atoms with Gasteiger partial charge in [0.05, 0.1) is 31.0 Å². The fourth-order valence-corrected chi connectivity index (χ4v) is 3.41. The van der Waals surface area contributed by atoms with Crippen molar-refractivity contribution in [2.45, 2.75) is 12.6 Å². The quantitative estimate of drug-likeness (QED) is 0.872. The molecule has 0 saturated heterocycles. The van der Waals surface area contributed by atoms with E-state index in [0.717, 1.165) is 11.3 Å². The van der Waals surface area contributed by atoms with Gasteiger partial charge in [0.1, 0.15) is 11.6 Å². The van der Waals surface area contributed by atoms with Gasteiger partial charge in [-0.1, -0.05) is 24.3 Å². The Hall–Kier alpha value is -3.35. The zero-order valence-electron chi connectivity index (χ0n) is 14.7. The molecule has 138 valence electrons. The second-order valence-electron chi connectivity index (χ2n) is 6.48. The molecule has 0 fully saturated rings. The summed E-state index contributed by atoms with van der Waals surface area (Å²) in [6.07, 6.45) is 0. The summed E-state index contributed by atoms with van der Waals surface area (Å²) < 4.78 is 18.4. The van der Waals surface area contributed by atoms with E-state index >= 15 is 0 Å². The molecule has 2 aromatic rings. The molecule has 0 saturated carbocycles. The molecular weight excluding hydrogens is 349 g/mol. The Morgan fingerprint density at radius 1 is 1.11 bits per heavy atom. The molecule has 2 aliphatic rings. The van der Waals surface area contributed by atoms with Crippen LogP contribution in [0.25, 0.3) is 0 Å². The summed E-state index contributed by atoms with van der Waals surface area (Å²) in [5.74, 6) is 0.228. The van der Waals surface area contributed by atoms with Gasteiger partial charge in [-0.2, -0.15) is 0 Å². The Bertz CT molecular complexity index is 922. The summed E-state index contributed by atoms with van der Waals surface area (Å²) in [6.45, 7) is 0.743. The number of nitrogens with zero attached hydrogens (tertiary/aromatic N) is 1. The van der Waals surface area contributed by atoms with Crippen molar-refractivity contribution in [3.63, 3.8) is 0 Å². The smallest absolute Gasteiger partial charge is 0.319 e. The third kappa shape index (κ3) is 3.23. The fraction of sp³-hybridized carbons (Fsp3) is 0.200. The van der Waals surface area contributed by atoms with Crippen LogP contribution >= 0.6 is 0 Å². The van der Waals surface area contributed by atoms with E-state index in [0.29, 0.717) is 29.9 Å². The van der Waals surface area contributed by atoms with Crippen molar-refractivity contribution < 1.29 is 18.7 Å². The van der Waals surface area contributed by atoms with Gasteiger partial charge in [-0.15, -0.1) is 0 Å². The van der Waals surface area contributed by atoms with E-state index in [4.69, 9.17) is 4.74 Å². The van der Waals surface area contributed by atoms with Crippen LogP contribution in [0.4, 0.5) is 9.18 Å². The highest BCUT2D eigenvalue weighted by atomic mass is 19.1. The SMILES string of the molecule is COc1ccc(CN2CC3=C(C2=O)C(c2ccc(F)cc2)NC(=O)N3)cc1. The van der Waals surface area contributed by atoms with Gasteiger partial charge < -0.3 is 20.3 Å². The predicted octanol–water partition coefficient (Wildman–Crippen LogP) is 2.48. The lowest BCUT2D eigenvalue weighted by Gasteiger charge is -2.25. The summed E-state index contributed by atoms with van der Waals surface area (Å²) in [6, 6.07) is 12.3. The average Bonchev–Trinajstić information content (AvgIpc) is 2.97. The predicted molar refractivity (Wildman–Crippen MR) is 96.2 cm³/mol. The number of hydrogen-bond acceptors (Lipinski definition) is 3. The first-order chi connectivity index (χ1) is 13.0. The number of hydrogen-bond donors (Lipinski definition) is 2. The second-order valence-corrected chi connectivity index (χ2v) is 6.48. The van der Waals surface area contributed by atoms with E-state index in [1.807, 2.05) is 24.3 Å². The van der Waals surface area contributed by atoms with Crippen molar-refractivity contribution in [1.29, 1.82) is 0 Å². The Labute approximate surface area is 155 Å². The Kier molecular flexibility index (Phi) is 4.27. The largest absolute Gasteiger partial charge is 0.497 e. The normalized spacial score (nSPS) is 18.9. The van der Waals surface area contributed by atoms with E-state index < -0.39 is 6.04 Å². The molecule has 1 unspecified atom stereocenters. The van der Waals surface area contributed by atoms with E-state index in [-0.39, 0.29) is 17.8 Å². The van der Waals surface area contributed by atoms with E-state index in [1.165, 1.54) is 12.1 Å². The number of halogens is 1. The number of methoxy groups -OCH3 is 1. The highest BCUT2D eigenvalue weighted by molar-refractivity contribution is 6.01. The van der Waals surface area contributed by atoms with Crippen molar-refractivity contribution in [2.24, 2.45) is 0 Å². The monoisotopic (exact) mass is 367 g/mol. The maximum atomic E-state index is 13.2. The minimum absolute atomic E-state index is 0.150. The Morgan fingerprint density at radius 3 is 2.48 bits per heavy atom. The number of benzene rings is 2. The third-order valence-electron chi connectivity index (χ3n) is 4.76. The summed E-state index contributed by atoms with van der Waals surface area (Å²) in [7, 11) is 1.60. The molecule has 4 rings (SSSR count). The number of carbonyl (C=O) groups is 2. The molecule has 0 radical (unpaired) electrons. The van der Waals surface area contributed by atoms with Crippen LogP contribution in [-0.4, -0.2) is 30.5 Å². The van der Waals surface area contributed by atoms with Crippen molar-refractivity contribution >= 4 is 11.9 Å². The standard InChI is InChI=1S/C20H18FN3O3/c1-27-15-8-2-12(3-9-15)10-24-11-16-17(19(24)25)18(23-20(26)22-16)13-4-6-14(21)7-5-13/h2-9,18H,10-11H2,1H3,(H2,22,23,26). The molecule has 2 aliphatic heterocycles. The van der Waals surface area contributed by atoms with Crippen LogP contribution in [0.3, 0.4) is 0 Å². The zero-order valence-corrected chi connectivity index (χ0v) is 14.7. The molecule has 2 aromatic carbocycles. The molecule has 2 heterocycles.